The fraction of sp³-hybridized carbons (Fsp3) is 0.364. The summed E-state index contributed by atoms with van der Waals surface area (Å²) in [5.74, 6) is -1.86. The van der Waals surface area contributed by atoms with Crippen LogP contribution < -0.4 is 5.32 Å². The number of amides is 1. The molecule has 1 fully saturated rings. The molecule has 0 aliphatic heterocycles. The zero-order chi connectivity index (χ0) is 21.0. The van der Waals surface area contributed by atoms with Crippen LogP contribution in [0.5, 0.6) is 0 Å². The van der Waals surface area contributed by atoms with Crippen LogP contribution in [0.1, 0.15) is 49.4 Å². The first-order chi connectivity index (χ1) is 13.8. The van der Waals surface area contributed by atoms with Crippen molar-refractivity contribution >= 4 is 17.6 Å². The van der Waals surface area contributed by atoms with Crippen molar-refractivity contribution in [2.24, 2.45) is 5.41 Å². The SMILES string of the molecule is CC1([C@H](NC(=O)c2ccc(-c3ccccc3)cc2[N+](=O)[O-])C(=O)O)CCCCC1. The minimum atomic E-state index is -1.12. The number of carboxylic acids is 1. The standard InChI is InChI=1S/C22H24N2O5/c1-22(12-6-3-7-13-22)19(21(26)27)23-20(25)17-11-10-16(14-18(17)24(28)29)15-8-4-2-5-9-15/h2,4-5,8-11,14,19H,3,6-7,12-13H2,1H3,(H,23,25)(H,26,27)/t19-/m1/s1. The molecule has 1 amide bonds. The largest absolute Gasteiger partial charge is 0.480 e. The van der Waals surface area contributed by atoms with E-state index in [-0.39, 0.29) is 11.3 Å². The normalized spacial score (nSPS) is 16.6. The Kier molecular flexibility index (Phi) is 5.96. The zero-order valence-electron chi connectivity index (χ0n) is 16.3. The van der Waals surface area contributed by atoms with Crippen LogP contribution in [0, 0.1) is 15.5 Å². The van der Waals surface area contributed by atoms with Gasteiger partial charge in [0.15, 0.2) is 0 Å². The summed E-state index contributed by atoms with van der Waals surface area (Å²) in [5, 5.41) is 23.9. The molecule has 0 unspecified atom stereocenters. The second-order valence-corrected chi connectivity index (χ2v) is 7.81. The van der Waals surface area contributed by atoms with Gasteiger partial charge in [0.1, 0.15) is 11.6 Å². The van der Waals surface area contributed by atoms with Gasteiger partial charge in [-0.2, -0.15) is 0 Å². The first kappa shape index (κ1) is 20.5. The smallest absolute Gasteiger partial charge is 0.326 e. The van der Waals surface area contributed by atoms with Crippen molar-refractivity contribution < 1.29 is 19.6 Å². The predicted molar refractivity (Wildman–Crippen MR) is 109 cm³/mol. The van der Waals surface area contributed by atoms with Gasteiger partial charge in [0.2, 0.25) is 0 Å². The van der Waals surface area contributed by atoms with E-state index in [1.807, 2.05) is 37.3 Å². The minimum absolute atomic E-state index is 0.139. The van der Waals surface area contributed by atoms with E-state index in [2.05, 4.69) is 5.32 Å². The maximum absolute atomic E-state index is 12.8. The number of nitrogens with one attached hydrogen (secondary N) is 1. The van der Waals surface area contributed by atoms with E-state index >= 15 is 0 Å². The molecular formula is C22H24N2O5. The number of nitro benzene ring substituents is 1. The van der Waals surface area contributed by atoms with Crippen molar-refractivity contribution in [3.05, 3.63) is 64.2 Å². The van der Waals surface area contributed by atoms with Gasteiger partial charge in [-0.1, -0.05) is 62.6 Å². The van der Waals surface area contributed by atoms with Gasteiger partial charge >= 0.3 is 5.97 Å². The Labute approximate surface area is 168 Å². The predicted octanol–water partition coefficient (Wildman–Crippen LogP) is 4.42. The van der Waals surface area contributed by atoms with E-state index in [0.717, 1.165) is 24.8 Å². The summed E-state index contributed by atoms with van der Waals surface area (Å²) >= 11 is 0. The van der Waals surface area contributed by atoms with Gasteiger partial charge in [0.25, 0.3) is 11.6 Å². The first-order valence-corrected chi connectivity index (χ1v) is 9.69. The number of nitro groups is 1. The lowest BCUT2D eigenvalue weighted by Gasteiger charge is -2.38. The molecule has 1 aliphatic carbocycles. The van der Waals surface area contributed by atoms with Crippen LogP contribution in [0.2, 0.25) is 0 Å². The van der Waals surface area contributed by atoms with Crippen molar-refractivity contribution in [1.29, 1.82) is 0 Å². The van der Waals surface area contributed by atoms with E-state index < -0.39 is 28.3 Å². The van der Waals surface area contributed by atoms with Gasteiger partial charge in [0, 0.05) is 6.07 Å². The van der Waals surface area contributed by atoms with Crippen LogP contribution in [-0.2, 0) is 4.79 Å². The molecule has 2 N–H and O–H groups in total. The Balaban J connectivity index is 1.91. The summed E-state index contributed by atoms with van der Waals surface area (Å²) in [6.07, 6.45) is 4.24. The molecule has 1 saturated carbocycles. The highest BCUT2D eigenvalue weighted by Crippen LogP contribution is 2.39. The maximum atomic E-state index is 12.8. The number of nitrogens with zero attached hydrogens (tertiary/aromatic N) is 1. The molecule has 1 atom stereocenters. The lowest BCUT2D eigenvalue weighted by Crippen LogP contribution is -2.52. The summed E-state index contributed by atoms with van der Waals surface area (Å²) in [7, 11) is 0. The maximum Gasteiger partial charge on any atom is 0.326 e. The van der Waals surface area contributed by atoms with Crippen LogP contribution in [0.4, 0.5) is 5.69 Å². The highest BCUT2D eigenvalue weighted by molar-refractivity contribution is 6.00. The van der Waals surface area contributed by atoms with Crippen molar-refractivity contribution in [3.63, 3.8) is 0 Å². The highest BCUT2D eigenvalue weighted by Gasteiger charge is 2.41. The summed E-state index contributed by atoms with van der Waals surface area (Å²) in [6.45, 7) is 1.86. The van der Waals surface area contributed by atoms with Gasteiger partial charge < -0.3 is 10.4 Å². The molecule has 1 aliphatic rings. The van der Waals surface area contributed by atoms with E-state index in [0.29, 0.717) is 18.4 Å². The van der Waals surface area contributed by atoms with Gasteiger partial charge in [-0.25, -0.2) is 4.79 Å². The lowest BCUT2D eigenvalue weighted by molar-refractivity contribution is -0.385. The van der Waals surface area contributed by atoms with Crippen LogP contribution in [-0.4, -0.2) is 27.9 Å². The number of rotatable bonds is 6. The van der Waals surface area contributed by atoms with Gasteiger partial charge in [-0.15, -0.1) is 0 Å². The monoisotopic (exact) mass is 396 g/mol. The summed E-state index contributed by atoms with van der Waals surface area (Å²) < 4.78 is 0. The number of hydrogen-bond donors (Lipinski definition) is 2. The summed E-state index contributed by atoms with van der Waals surface area (Å²) in [5.41, 5.74) is 0.351. The molecule has 2 aromatic rings. The molecule has 0 bridgehead atoms. The molecule has 0 aromatic heterocycles. The molecule has 7 nitrogen and oxygen atoms in total. The Morgan fingerprint density at radius 3 is 2.31 bits per heavy atom. The van der Waals surface area contributed by atoms with Crippen LogP contribution in [0.25, 0.3) is 11.1 Å². The second-order valence-electron chi connectivity index (χ2n) is 7.81. The summed E-state index contributed by atoms with van der Waals surface area (Å²) in [4.78, 5) is 35.7. The van der Waals surface area contributed by atoms with Crippen molar-refractivity contribution in [2.75, 3.05) is 0 Å². The molecule has 2 aromatic carbocycles. The fourth-order valence-electron chi connectivity index (χ4n) is 4.08. The number of benzene rings is 2. The molecule has 152 valence electrons. The number of carboxylic acid groups (broad SMARTS) is 1. The van der Waals surface area contributed by atoms with Crippen molar-refractivity contribution in [3.8, 4) is 11.1 Å². The Hall–Kier alpha value is -3.22. The second kappa shape index (κ2) is 8.43. The molecule has 0 spiro atoms. The Bertz CT molecular complexity index is 920. The third kappa shape index (κ3) is 4.45. The number of carbonyl (C=O) groups excluding carboxylic acids is 1. The Morgan fingerprint density at radius 2 is 1.72 bits per heavy atom. The first-order valence-electron chi connectivity index (χ1n) is 9.69. The highest BCUT2D eigenvalue weighted by atomic mass is 16.6. The van der Waals surface area contributed by atoms with Crippen molar-refractivity contribution in [2.45, 2.75) is 45.1 Å². The minimum Gasteiger partial charge on any atom is -0.480 e. The van der Waals surface area contributed by atoms with E-state index in [9.17, 15) is 24.8 Å². The third-order valence-electron chi connectivity index (χ3n) is 5.76. The topological polar surface area (TPSA) is 110 Å². The molecule has 0 saturated heterocycles. The molecular weight excluding hydrogens is 372 g/mol. The Morgan fingerprint density at radius 1 is 1.07 bits per heavy atom. The third-order valence-corrected chi connectivity index (χ3v) is 5.76. The van der Waals surface area contributed by atoms with Crippen molar-refractivity contribution in [1.82, 2.24) is 5.32 Å². The quantitative estimate of drug-likeness (QED) is 0.555. The molecule has 3 rings (SSSR count). The fourth-order valence-corrected chi connectivity index (χ4v) is 4.08. The van der Waals surface area contributed by atoms with Gasteiger partial charge in [-0.05, 0) is 35.4 Å². The van der Waals surface area contributed by atoms with Gasteiger partial charge in [-0.3, -0.25) is 14.9 Å². The lowest BCUT2D eigenvalue weighted by atomic mass is 9.70. The number of carbonyl (C=O) groups is 2. The van der Waals surface area contributed by atoms with Gasteiger partial charge in [0.05, 0.1) is 4.92 Å². The average molecular weight is 396 g/mol. The van der Waals surface area contributed by atoms with Crippen LogP contribution >= 0.6 is 0 Å². The average Bonchev–Trinajstić information content (AvgIpc) is 2.72. The molecule has 7 heteroatoms. The number of hydrogen-bond acceptors (Lipinski definition) is 4. The molecule has 0 radical (unpaired) electrons. The number of aliphatic carboxylic acids is 1. The zero-order valence-corrected chi connectivity index (χ0v) is 16.3. The van der Waals surface area contributed by atoms with E-state index in [1.54, 1.807) is 6.07 Å². The summed E-state index contributed by atoms with van der Waals surface area (Å²) in [6, 6.07) is 12.4. The molecule has 0 heterocycles. The molecule has 29 heavy (non-hydrogen) atoms. The van der Waals surface area contributed by atoms with E-state index in [1.165, 1.54) is 12.1 Å². The van der Waals surface area contributed by atoms with Crippen LogP contribution in [0.3, 0.4) is 0 Å². The van der Waals surface area contributed by atoms with Crippen LogP contribution in [0.15, 0.2) is 48.5 Å². The van der Waals surface area contributed by atoms with E-state index in [4.69, 9.17) is 0 Å².